The first-order valence-corrected chi connectivity index (χ1v) is 10.2. The Morgan fingerprint density at radius 2 is 1.82 bits per heavy atom. The van der Waals surface area contributed by atoms with E-state index >= 15 is 0 Å². The van der Waals surface area contributed by atoms with E-state index in [-0.39, 0.29) is 5.91 Å². The highest BCUT2D eigenvalue weighted by atomic mass is 35.5. The van der Waals surface area contributed by atoms with Crippen LogP contribution in [0.4, 0.5) is 0 Å². The molecule has 2 aromatic rings. The van der Waals surface area contributed by atoms with Crippen molar-refractivity contribution in [1.82, 2.24) is 5.32 Å². The Balaban J connectivity index is 1.64. The molecule has 0 spiro atoms. The van der Waals surface area contributed by atoms with Crippen molar-refractivity contribution < 1.29 is 19.0 Å². The fourth-order valence-corrected chi connectivity index (χ4v) is 3.67. The molecular formula is C20H18ClNO4S2. The van der Waals surface area contributed by atoms with Crippen molar-refractivity contribution in [2.45, 2.75) is 6.92 Å². The molecule has 0 atom stereocenters. The minimum absolute atomic E-state index is 0.190. The van der Waals surface area contributed by atoms with Gasteiger partial charge < -0.3 is 19.5 Å². The number of carbonyl (C=O) groups is 1. The summed E-state index contributed by atoms with van der Waals surface area (Å²) in [5.74, 6) is 1.63. The molecule has 0 saturated carbocycles. The maximum absolute atomic E-state index is 11.8. The van der Waals surface area contributed by atoms with Gasteiger partial charge in [-0.3, -0.25) is 4.79 Å². The second-order valence-corrected chi connectivity index (χ2v) is 7.74. The minimum Gasteiger partial charge on any atom is -0.490 e. The summed E-state index contributed by atoms with van der Waals surface area (Å²) in [6.45, 7) is 3.06. The van der Waals surface area contributed by atoms with Crippen LogP contribution < -0.4 is 19.5 Å². The Hall–Kier alpha value is -2.22. The lowest BCUT2D eigenvalue weighted by Gasteiger charge is -2.13. The van der Waals surface area contributed by atoms with Gasteiger partial charge in [0.2, 0.25) is 0 Å². The van der Waals surface area contributed by atoms with Gasteiger partial charge in [0, 0.05) is 0 Å². The fraction of sp³-hybridized carbons (Fsp3) is 0.200. The molecule has 1 aliphatic rings. The average molecular weight is 436 g/mol. The molecule has 1 N–H and O–H groups in total. The number of halogens is 1. The average Bonchev–Trinajstić information content (AvgIpc) is 2.99. The first kappa shape index (κ1) is 20.5. The highest BCUT2D eigenvalue weighted by Crippen LogP contribution is 2.32. The van der Waals surface area contributed by atoms with E-state index < -0.39 is 0 Å². The monoisotopic (exact) mass is 435 g/mol. The van der Waals surface area contributed by atoms with Crippen molar-refractivity contribution in [3.05, 3.63) is 58.0 Å². The quantitative estimate of drug-likeness (QED) is 0.369. The molecular weight excluding hydrogens is 418 g/mol. The van der Waals surface area contributed by atoms with Gasteiger partial charge in [0.25, 0.3) is 5.91 Å². The molecule has 3 rings (SSSR count). The number of ether oxygens (including phenoxy) is 3. The van der Waals surface area contributed by atoms with Crippen LogP contribution in [0.15, 0.2) is 47.4 Å². The molecule has 0 aliphatic carbocycles. The Morgan fingerprint density at radius 3 is 2.50 bits per heavy atom. The topological polar surface area (TPSA) is 56.8 Å². The molecule has 1 aliphatic heterocycles. The van der Waals surface area contributed by atoms with Gasteiger partial charge in [-0.05, 0) is 42.8 Å². The SMILES string of the molecule is CCOc1cc(C=C2SC(=S)NC2=O)ccc1OCCOc1ccccc1Cl. The maximum atomic E-state index is 11.8. The summed E-state index contributed by atoms with van der Waals surface area (Å²) in [7, 11) is 0. The van der Waals surface area contributed by atoms with Crippen LogP contribution in [-0.4, -0.2) is 30.0 Å². The first-order chi connectivity index (χ1) is 13.6. The number of thioether (sulfide) groups is 1. The van der Waals surface area contributed by atoms with Gasteiger partial charge in [-0.15, -0.1) is 0 Å². The Labute approximate surface area is 178 Å². The third-order valence-corrected chi connectivity index (χ3v) is 5.12. The smallest absolute Gasteiger partial charge is 0.263 e. The first-order valence-electron chi connectivity index (χ1n) is 8.58. The van der Waals surface area contributed by atoms with Crippen LogP contribution in [0.1, 0.15) is 12.5 Å². The normalized spacial score (nSPS) is 14.9. The number of carbonyl (C=O) groups excluding carboxylic acids is 1. The molecule has 0 radical (unpaired) electrons. The third-order valence-electron chi connectivity index (χ3n) is 3.64. The number of rotatable bonds is 8. The van der Waals surface area contributed by atoms with Gasteiger partial charge >= 0.3 is 0 Å². The number of benzene rings is 2. The highest BCUT2D eigenvalue weighted by Gasteiger charge is 2.22. The van der Waals surface area contributed by atoms with Crippen molar-refractivity contribution in [2.75, 3.05) is 19.8 Å². The molecule has 146 valence electrons. The molecule has 28 heavy (non-hydrogen) atoms. The van der Waals surface area contributed by atoms with Crippen molar-refractivity contribution >= 4 is 51.9 Å². The molecule has 0 bridgehead atoms. The molecule has 0 aromatic heterocycles. The number of hydrogen-bond acceptors (Lipinski definition) is 6. The largest absolute Gasteiger partial charge is 0.490 e. The zero-order valence-electron chi connectivity index (χ0n) is 15.1. The molecule has 2 aromatic carbocycles. The van der Waals surface area contributed by atoms with E-state index in [1.54, 1.807) is 18.2 Å². The van der Waals surface area contributed by atoms with Crippen LogP contribution in [0.5, 0.6) is 17.2 Å². The second kappa shape index (κ2) is 9.82. The summed E-state index contributed by atoms with van der Waals surface area (Å²) >= 11 is 12.3. The second-order valence-electron chi connectivity index (χ2n) is 5.62. The van der Waals surface area contributed by atoms with E-state index in [1.165, 1.54) is 11.8 Å². The van der Waals surface area contributed by atoms with Crippen LogP contribution in [-0.2, 0) is 4.79 Å². The fourth-order valence-electron chi connectivity index (χ4n) is 2.44. The molecule has 1 amide bonds. The van der Waals surface area contributed by atoms with E-state index in [2.05, 4.69) is 5.32 Å². The predicted molar refractivity (Wildman–Crippen MR) is 116 cm³/mol. The van der Waals surface area contributed by atoms with Crippen LogP contribution in [0.3, 0.4) is 0 Å². The lowest BCUT2D eigenvalue weighted by atomic mass is 10.2. The summed E-state index contributed by atoms with van der Waals surface area (Å²) < 4.78 is 17.6. The van der Waals surface area contributed by atoms with Gasteiger partial charge in [-0.2, -0.15) is 0 Å². The van der Waals surface area contributed by atoms with Gasteiger partial charge in [0.1, 0.15) is 23.3 Å². The molecule has 8 heteroatoms. The van der Waals surface area contributed by atoms with Crippen molar-refractivity contribution in [1.29, 1.82) is 0 Å². The molecule has 0 unspecified atom stereocenters. The lowest BCUT2D eigenvalue weighted by Crippen LogP contribution is -2.17. The predicted octanol–water partition coefficient (Wildman–Crippen LogP) is 4.69. The summed E-state index contributed by atoms with van der Waals surface area (Å²) in [5.41, 5.74) is 0.825. The third kappa shape index (κ3) is 5.41. The van der Waals surface area contributed by atoms with Gasteiger partial charge in [-0.1, -0.05) is 53.8 Å². The van der Waals surface area contributed by atoms with Crippen molar-refractivity contribution in [3.63, 3.8) is 0 Å². The molecule has 1 fully saturated rings. The molecule has 1 heterocycles. The number of amides is 1. The minimum atomic E-state index is -0.190. The highest BCUT2D eigenvalue weighted by molar-refractivity contribution is 8.26. The van der Waals surface area contributed by atoms with Crippen molar-refractivity contribution in [3.8, 4) is 17.2 Å². The zero-order valence-corrected chi connectivity index (χ0v) is 17.5. The van der Waals surface area contributed by atoms with Crippen LogP contribution in [0.2, 0.25) is 5.02 Å². The number of nitrogens with one attached hydrogen (secondary N) is 1. The van der Waals surface area contributed by atoms with Crippen LogP contribution in [0, 0.1) is 0 Å². The number of para-hydroxylation sites is 1. The zero-order chi connectivity index (χ0) is 19.9. The van der Waals surface area contributed by atoms with Gasteiger partial charge in [0.05, 0.1) is 16.5 Å². The Kier molecular flexibility index (Phi) is 7.19. The van der Waals surface area contributed by atoms with E-state index in [9.17, 15) is 4.79 Å². The standard InChI is InChI=1S/C20H18ClNO4S2/c1-2-24-17-11-13(12-18-19(23)22-20(27)28-18)7-8-16(17)26-10-9-25-15-6-4-3-5-14(15)21/h3-8,11-12H,2,9-10H2,1H3,(H,22,23,27). The Morgan fingerprint density at radius 1 is 1.07 bits per heavy atom. The van der Waals surface area contributed by atoms with E-state index in [0.29, 0.717) is 51.3 Å². The summed E-state index contributed by atoms with van der Waals surface area (Å²) in [5, 5.41) is 3.16. The summed E-state index contributed by atoms with van der Waals surface area (Å²) in [6, 6.07) is 12.8. The van der Waals surface area contributed by atoms with Crippen LogP contribution in [0.25, 0.3) is 6.08 Å². The van der Waals surface area contributed by atoms with E-state index in [0.717, 1.165) is 5.56 Å². The van der Waals surface area contributed by atoms with E-state index in [4.69, 9.17) is 38.0 Å². The van der Waals surface area contributed by atoms with Gasteiger partial charge in [0.15, 0.2) is 11.5 Å². The summed E-state index contributed by atoms with van der Waals surface area (Å²) in [4.78, 5) is 12.4. The molecule has 1 saturated heterocycles. The summed E-state index contributed by atoms with van der Waals surface area (Å²) in [6.07, 6.45) is 1.77. The van der Waals surface area contributed by atoms with E-state index in [1.807, 2.05) is 37.3 Å². The number of thiocarbonyl (C=S) groups is 1. The maximum Gasteiger partial charge on any atom is 0.263 e. The lowest BCUT2D eigenvalue weighted by molar-refractivity contribution is -0.115. The Bertz CT molecular complexity index is 917. The number of hydrogen-bond donors (Lipinski definition) is 1. The van der Waals surface area contributed by atoms with Crippen molar-refractivity contribution in [2.24, 2.45) is 0 Å². The van der Waals surface area contributed by atoms with Crippen LogP contribution >= 0.6 is 35.6 Å². The molecule has 5 nitrogen and oxygen atoms in total. The van der Waals surface area contributed by atoms with Gasteiger partial charge in [-0.25, -0.2) is 0 Å².